The van der Waals surface area contributed by atoms with Crippen LogP contribution in [0.3, 0.4) is 0 Å². The maximum Gasteiger partial charge on any atom is 0.240 e. The Bertz CT molecular complexity index is 607. The number of alkyl halides is 1. The Kier molecular flexibility index (Phi) is 7.82. The summed E-state index contributed by atoms with van der Waals surface area (Å²) in [5, 5.41) is 0. The Balaban J connectivity index is 1.45. The van der Waals surface area contributed by atoms with Gasteiger partial charge in [0.2, 0.25) is 5.91 Å². The van der Waals surface area contributed by atoms with E-state index >= 15 is 0 Å². The van der Waals surface area contributed by atoms with Gasteiger partial charge in [-0.25, -0.2) is 0 Å². The zero-order valence-corrected chi connectivity index (χ0v) is 18.9. The molecule has 0 aliphatic carbocycles. The minimum atomic E-state index is 0.107. The monoisotopic (exact) mass is 484 g/mol. The van der Waals surface area contributed by atoms with Crippen molar-refractivity contribution in [1.29, 1.82) is 0 Å². The Morgan fingerprint density at radius 3 is 2.70 bits per heavy atom. The van der Waals surface area contributed by atoms with E-state index in [4.69, 9.17) is 4.74 Å². The number of hydrogen-bond donors (Lipinski definition) is 0. The smallest absolute Gasteiger partial charge is 0.240 e. The van der Waals surface area contributed by atoms with Crippen molar-refractivity contribution in [1.82, 2.24) is 4.90 Å². The number of rotatable bonds is 8. The topological polar surface area (TPSA) is 32.8 Å². The van der Waals surface area contributed by atoms with E-state index in [1.54, 1.807) is 0 Å². The van der Waals surface area contributed by atoms with Gasteiger partial charge in [-0.05, 0) is 69.3 Å². The standard InChI is InChI=1S/C22H33IN2O2/c1-3-7-18-16-25(22(26)21(18)23)19-9-11-20(12-10-19)27-15-6-14-24-13-5-4-8-17(24)2/h9-12,17-18,21H,3-8,13-16H2,1-2H3/t17?,18-,21?/m1/s1. The summed E-state index contributed by atoms with van der Waals surface area (Å²) < 4.78 is 6.03. The Labute approximate surface area is 177 Å². The molecule has 0 saturated carbocycles. The maximum atomic E-state index is 12.5. The molecule has 2 saturated heterocycles. The number of likely N-dealkylation sites (tertiary alicyclic amines) is 1. The molecule has 27 heavy (non-hydrogen) atoms. The van der Waals surface area contributed by atoms with Gasteiger partial charge in [-0.15, -0.1) is 0 Å². The quantitative estimate of drug-likeness (QED) is 0.299. The summed E-state index contributed by atoms with van der Waals surface area (Å²) in [6.07, 6.45) is 7.35. The Morgan fingerprint density at radius 2 is 2.00 bits per heavy atom. The lowest BCUT2D eigenvalue weighted by Gasteiger charge is -2.33. The number of carbonyl (C=O) groups excluding carboxylic acids is 1. The van der Waals surface area contributed by atoms with Crippen molar-refractivity contribution < 1.29 is 9.53 Å². The summed E-state index contributed by atoms with van der Waals surface area (Å²) in [7, 11) is 0. The highest BCUT2D eigenvalue weighted by Crippen LogP contribution is 2.33. The second-order valence-corrected chi connectivity index (χ2v) is 9.32. The van der Waals surface area contributed by atoms with Gasteiger partial charge < -0.3 is 14.5 Å². The molecule has 1 aromatic carbocycles. The molecule has 3 rings (SSSR count). The number of carbonyl (C=O) groups is 1. The maximum absolute atomic E-state index is 12.5. The summed E-state index contributed by atoms with van der Waals surface area (Å²) in [5.41, 5.74) is 0.995. The third-order valence-electron chi connectivity index (χ3n) is 5.94. The molecule has 0 aromatic heterocycles. The zero-order chi connectivity index (χ0) is 19.2. The van der Waals surface area contributed by atoms with Crippen LogP contribution in [0.1, 0.15) is 52.4 Å². The Hall–Kier alpha value is -0.820. The molecular weight excluding hydrogens is 451 g/mol. The predicted molar refractivity (Wildman–Crippen MR) is 120 cm³/mol. The molecule has 0 spiro atoms. The van der Waals surface area contributed by atoms with E-state index in [1.165, 1.54) is 25.8 Å². The zero-order valence-electron chi connectivity index (χ0n) is 16.7. The van der Waals surface area contributed by atoms with Crippen molar-refractivity contribution in [3.8, 4) is 5.75 Å². The molecule has 2 unspecified atom stereocenters. The van der Waals surface area contributed by atoms with Crippen LogP contribution < -0.4 is 9.64 Å². The molecule has 2 aliphatic heterocycles. The van der Waals surface area contributed by atoms with Gasteiger partial charge in [0.1, 0.15) is 5.75 Å². The first-order valence-corrected chi connectivity index (χ1v) is 11.8. The van der Waals surface area contributed by atoms with E-state index in [2.05, 4.69) is 41.3 Å². The van der Waals surface area contributed by atoms with E-state index in [-0.39, 0.29) is 9.83 Å². The molecule has 5 heteroatoms. The first-order chi connectivity index (χ1) is 13.1. The fraction of sp³-hybridized carbons (Fsp3) is 0.682. The highest BCUT2D eigenvalue weighted by atomic mass is 127. The molecule has 2 fully saturated rings. The molecule has 2 aliphatic rings. The number of piperidine rings is 1. The second-order valence-electron chi connectivity index (χ2n) is 7.98. The fourth-order valence-corrected chi connectivity index (χ4v) is 5.20. The summed E-state index contributed by atoms with van der Waals surface area (Å²) >= 11 is 2.31. The molecule has 0 bridgehead atoms. The first kappa shape index (κ1) is 20.9. The number of halogens is 1. The van der Waals surface area contributed by atoms with Crippen LogP contribution in [0.15, 0.2) is 24.3 Å². The van der Waals surface area contributed by atoms with Gasteiger partial charge in [-0.1, -0.05) is 42.4 Å². The number of amides is 1. The van der Waals surface area contributed by atoms with E-state index in [9.17, 15) is 4.79 Å². The van der Waals surface area contributed by atoms with E-state index in [1.807, 2.05) is 29.2 Å². The fourth-order valence-electron chi connectivity index (χ4n) is 4.28. The van der Waals surface area contributed by atoms with Gasteiger partial charge in [-0.2, -0.15) is 0 Å². The second kappa shape index (κ2) is 10.1. The largest absolute Gasteiger partial charge is 0.494 e. The highest BCUT2D eigenvalue weighted by Gasteiger charge is 2.38. The van der Waals surface area contributed by atoms with Gasteiger partial charge in [-0.3, -0.25) is 4.79 Å². The lowest BCUT2D eigenvalue weighted by molar-refractivity contribution is -0.116. The molecule has 2 heterocycles. The third kappa shape index (κ3) is 5.37. The minimum Gasteiger partial charge on any atom is -0.494 e. The number of benzene rings is 1. The first-order valence-electron chi connectivity index (χ1n) is 10.5. The van der Waals surface area contributed by atoms with Crippen LogP contribution in [0.4, 0.5) is 5.69 Å². The summed E-state index contributed by atoms with van der Waals surface area (Å²) in [5.74, 6) is 1.61. The van der Waals surface area contributed by atoms with Gasteiger partial charge in [0, 0.05) is 24.8 Å². The Morgan fingerprint density at radius 1 is 1.22 bits per heavy atom. The van der Waals surface area contributed by atoms with Crippen molar-refractivity contribution in [3.05, 3.63) is 24.3 Å². The van der Waals surface area contributed by atoms with Gasteiger partial charge in [0.25, 0.3) is 0 Å². The molecule has 1 aromatic rings. The van der Waals surface area contributed by atoms with Crippen molar-refractivity contribution >= 4 is 34.2 Å². The number of ether oxygens (including phenoxy) is 1. The molecule has 4 nitrogen and oxygen atoms in total. The number of anilines is 1. The van der Waals surface area contributed by atoms with Crippen molar-refractivity contribution in [3.63, 3.8) is 0 Å². The van der Waals surface area contributed by atoms with Crippen molar-refractivity contribution in [2.24, 2.45) is 5.92 Å². The number of nitrogens with zero attached hydrogens (tertiary/aromatic N) is 2. The molecule has 150 valence electrons. The molecular formula is C22H33IN2O2. The molecule has 0 N–H and O–H groups in total. The molecule has 3 atom stereocenters. The van der Waals surface area contributed by atoms with Crippen LogP contribution in [0.5, 0.6) is 5.75 Å². The van der Waals surface area contributed by atoms with Crippen LogP contribution in [0.25, 0.3) is 0 Å². The lowest BCUT2D eigenvalue weighted by atomic mass is 10.0. The van der Waals surface area contributed by atoms with Crippen molar-refractivity contribution in [2.75, 3.05) is 31.1 Å². The SMILES string of the molecule is CCC[C@@H]1CN(c2ccc(OCCCN3CCCCC3C)cc2)C(=O)C1I. The van der Waals surface area contributed by atoms with Gasteiger partial charge in [0.15, 0.2) is 0 Å². The van der Waals surface area contributed by atoms with Crippen LogP contribution in [-0.2, 0) is 4.79 Å². The third-order valence-corrected chi connectivity index (χ3v) is 7.49. The summed E-state index contributed by atoms with van der Waals surface area (Å²) in [6.45, 7) is 8.47. The van der Waals surface area contributed by atoms with Gasteiger partial charge >= 0.3 is 0 Å². The molecule has 0 radical (unpaired) electrons. The minimum absolute atomic E-state index is 0.107. The van der Waals surface area contributed by atoms with Gasteiger partial charge in [0.05, 0.1) is 10.5 Å². The van der Waals surface area contributed by atoms with Crippen LogP contribution >= 0.6 is 22.6 Å². The average Bonchev–Trinajstić information content (AvgIpc) is 2.96. The summed E-state index contributed by atoms with van der Waals surface area (Å²) in [6, 6.07) is 8.77. The lowest BCUT2D eigenvalue weighted by Crippen LogP contribution is -2.38. The summed E-state index contributed by atoms with van der Waals surface area (Å²) in [4.78, 5) is 17.1. The normalized spacial score (nSPS) is 26.6. The van der Waals surface area contributed by atoms with Crippen LogP contribution in [0.2, 0.25) is 0 Å². The van der Waals surface area contributed by atoms with Crippen LogP contribution in [0, 0.1) is 5.92 Å². The van der Waals surface area contributed by atoms with Crippen molar-refractivity contribution in [2.45, 2.75) is 62.3 Å². The van der Waals surface area contributed by atoms with E-state index < -0.39 is 0 Å². The van der Waals surface area contributed by atoms with Crippen LogP contribution in [-0.4, -0.2) is 47.0 Å². The van der Waals surface area contributed by atoms with E-state index in [0.29, 0.717) is 12.0 Å². The predicted octanol–water partition coefficient (Wildman–Crippen LogP) is 4.90. The molecule has 1 amide bonds. The number of hydrogen-bond acceptors (Lipinski definition) is 3. The average molecular weight is 484 g/mol. The highest BCUT2D eigenvalue weighted by molar-refractivity contribution is 14.1. The van der Waals surface area contributed by atoms with E-state index in [0.717, 1.165) is 50.4 Å².